The molecule has 0 bridgehead atoms. The predicted octanol–water partition coefficient (Wildman–Crippen LogP) is 1.59. The standard InChI is InChI=1S/C12H23NO2S/c1-2-7-13-10-12(5-3-6-12)11-4-8-16(14,15)9-11/h11,13H,2-10H2,1H3. The molecular formula is C12H23NO2S. The van der Waals surface area contributed by atoms with Crippen molar-refractivity contribution in [3.8, 4) is 0 Å². The fourth-order valence-electron chi connectivity index (χ4n) is 3.15. The Balaban J connectivity index is 1.94. The van der Waals surface area contributed by atoms with Crippen LogP contribution in [0.1, 0.15) is 39.0 Å². The van der Waals surface area contributed by atoms with Gasteiger partial charge in [0.05, 0.1) is 11.5 Å². The van der Waals surface area contributed by atoms with Gasteiger partial charge in [0.1, 0.15) is 0 Å². The van der Waals surface area contributed by atoms with E-state index in [2.05, 4.69) is 12.2 Å². The summed E-state index contributed by atoms with van der Waals surface area (Å²) in [6, 6.07) is 0. The average Bonchev–Trinajstić information content (AvgIpc) is 2.51. The molecule has 1 heterocycles. The number of sulfone groups is 1. The van der Waals surface area contributed by atoms with Gasteiger partial charge in [-0.2, -0.15) is 0 Å². The normalized spacial score (nSPS) is 31.2. The molecule has 1 unspecified atom stereocenters. The zero-order chi connectivity index (χ0) is 11.6. The lowest BCUT2D eigenvalue weighted by molar-refractivity contribution is 0.0620. The molecule has 1 atom stereocenters. The topological polar surface area (TPSA) is 46.2 Å². The number of hydrogen-bond donors (Lipinski definition) is 1. The Morgan fingerprint density at radius 2 is 2.12 bits per heavy atom. The maximum absolute atomic E-state index is 11.5. The van der Waals surface area contributed by atoms with Crippen LogP contribution in [0.3, 0.4) is 0 Å². The van der Waals surface area contributed by atoms with Gasteiger partial charge in [-0.15, -0.1) is 0 Å². The van der Waals surface area contributed by atoms with E-state index in [4.69, 9.17) is 0 Å². The second-order valence-corrected chi connectivity index (χ2v) is 7.72. The van der Waals surface area contributed by atoms with Crippen molar-refractivity contribution in [3.63, 3.8) is 0 Å². The SMILES string of the molecule is CCCNCC1(C2CCS(=O)(=O)C2)CCC1. The summed E-state index contributed by atoms with van der Waals surface area (Å²) in [6.07, 6.45) is 5.79. The minimum absolute atomic E-state index is 0.318. The highest BCUT2D eigenvalue weighted by atomic mass is 32.2. The van der Waals surface area contributed by atoms with Gasteiger partial charge >= 0.3 is 0 Å². The van der Waals surface area contributed by atoms with Gasteiger partial charge in [0.25, 0.3) is 0 Å². The zero-order valence-electron chi connectivity index (χ0n) is 10.2. The van der Waals surface area contributed by atoms with Crippen LogP contribution in [-0.4, -0.2) is 33.0 Å². The molecule has 0 aromatic carbocycles. The van der Waals surface area contributed by atoms with Crippen LogP contribution < -0.4 is 5.32 Å². The van der Waals surface area contributed by atoms with Gasteiger partial charge in [-0.1, -0.05) is 13.3 Å². The highest BCUT2D eigenvalue weighted by molar-refractivity contribution is 7.91. The van der Waals surface area contributed by atoms with Crippen molar-refractivity contribution in [1.82, 2.24) is 5.32 Å². The van der Waals surface area contributed by atoms with Crippen LogP contribution in [0.2, 0.25) is 0 Å². The van der Waals surface area contributed by atoms with Crippen molar-refractivity contribution in [3.05, 3.63) is 0 Å². The Morgan fingerprint density at radius 1 is 1.38 bits per heavy atom. The number of hydrogen-bond acceptors (Lipinski definition) is 3. The third-order valence-corrected chi connectivity index (χ3v) is 6.12. The van der Waals surface area contributed by atoms with Crippen LogP contribution in [0, 0.1) is 11.3 Å². The van der Waals surface area contributed by atoms with Crippen molar-refractivity contribution < 1.29 is 8.42 Å². The Hall–Kier alpha value is -0.0900. The van der Waals surface area contributed by atoms with Crippen LogP contribution in [0.5, 0.6) is 0 Å². The monoisotopic (exact) mass is 245 g/mol. The summed E-state index contributed by atoms with van der Waals surface area (Å²) in [5, 5.41) is 3.49. The second kappa shape index (κ2) is 4.65. The Morgan fingerprint density at radius 3 is 2.56 bits per heavy atom. The summed E-state index contributed by atoms with van der Waals surface area (Å²) in [5.41, 5.74) is 0.318. The summed E-state index contributed by atoms with van der Waals surface area (Å²) >= 11 is 0. The molecule has 2 aliphatic rings. The maximum atomic E-state index is 11.5. The largest absolute Gasteiger partial charge is 0.316 e. The molecule has 2 rings (SSSR count). The summed E-state index contributed by atoms with van der Waals surface area (Å²) in [7, 11) is -2.71. The summed E-state index contributed by atoms with van der Waals surface area (Å²) in [4.78, 5) is 0. The lowest BCUT2D eigenvalue weighted by Crippen LogP contribution is -2.46. The molecule has 1 saturated heterocycles. The summed E-state index contributed by atoms with van der Waals surface area (Å²) in [5.74, 6) is 1.30. The quantitative estimate of drug-likeness (QED) is 0.748. The molecule has 0 aromatic heterocycles. The van der Waals surface area contributed by atoms with Crippen molar-refractivity contribution in [2.45, 2.75) is 39.0 Å². The van der Waals surface area contributed by atoms with Gasteiger partial charge in [0, 0.05) is 6.54 Å². The fraction of sp³-hybridized carbons (Fsp3) is 1.00. The zero-order valence-corrected chi connectivity index (χ0v) is 11.0. The average molecular weight is 245 g/mol. The van der Waals surface area contributed by atoms with E-state index in [1.165, 1.54) is 19.3 Å². The molecular weight excluding hydrogens is 222 g/mol. The molecule has 94 valence electrons. The van der Waals surface area contributed by atoms with E-state index in [9.17, 15) is 8.42 Å². The molecule has 1 saturated carbocycles. The summed E-state index contributed by atoms with van der Waals surface area (Å²) < 4.78 is 23.1. The van der Waals surface area contributed by atoms with Gasteiger partial charge in [-0.25, -0.2) is 8.42 Å². The van der Waals surface area contributed by atoms with E-state index in [1.807, 2.05) is 0 Å². The molecule has 0 aromatic rings. The number of rotatable bonds is 5. The lowest BCUT2D eigenvalue weighted by Gasteiger charge is -2.46. The van der Waals surface area contributed by atoms with E-state index in [0.717, 1.165) is 25.9 Å². The molecule has 0 radical (unpaired) electrons. The van der Waals surface area contributed by atoms with E-state index in [1.54, 1.807) is 0 Å². The van der Waals surface area contributed by atoms with Gasteiger partial charge in [0.2, 0.25) is 0 Å². The highest BCUT2D eigenvalue weighted by Gasteiger charge is 2.47. The van der Waals surface area contributed by atoms with Crippen molar-refractivity contribution in [2.75, 3.05) is 24.6 Å². The molecule has 0 spiro atoms. The highest BCUT2D eigenvalue weighted by Crippen LogP contribution is 2.50. The first-order valence-corrected chi connectivity index (χ1v) is 8.31. The van der Waals surface area contributed by atoms with E-state index in [0.29, 0.717) is 22.8 Å². The van der Waals surface area contributed by atoms with Crippen molar-refractivity contribution in [1.29, 1.82) is 0 Å². The van der Waals surface area contributed by atoms with Crippen LogP contribution in [-0.2, 0) is 9.84 Å². The molecule has 4 heteroatoms. The molecule has 1 aliphatic heterocycles. The van der Waals surface area contributed by atoms with Crippen molar-refractivity contribution >= 4 is 9.84 Å². The van der Waals surface area contributed by atoms with E-state index >= 15 is 0 Å². The maximum Gasteiger partial charge on any atom is 0.150 e. The Bertz CT molecular complexity index is 333. The van der Waals surface area contributed by atoms with Crippen molar-refractivity contribution in [2.24, 2.45) is 11.3 Å². The number of nitrogens with one attached hydrogen (secondary N) is 1. The first-order chi connectivity index (χ1) is 7.58. The van der Waals surface area contributed by atoms with Gasteiger partial charge in [-0.05, 0) is 43.6 Å². The first-order valence-electron chi connectivity index (χ1n) is 6.49. The van der Waals surface area contributed by atoms with E-state index < -0.39 is 9.84 Å². The van der Waals surface area contributed by atoms with Crippen LogP contribution in [0.4, 0.5) is 0 Å². The van der Waals surface area contributed by atoms with Crippen LogP contribution in [0.25, 0.3) is 0 Å². The van der Waals surface area contributed by atoms with Gasteiger partial charge in [-0.3, -0.25) is 0 Å². The smallest absolute Gasteiger partial charge is 0.150 e. The summed E-state index contributed by atoms with van der Waals surface area (Å²) in [6.45, 7) is 4.25. The molecule has 0 amide bonds. The molecule has 16 heavy (non-hydrogen) atoms. The molecule has 2 fully saturated rings. The Labute approximate surface area is 98.9 Å². The van der Waals surface area contributed by atoms with E-state index in [-0.39, 0.29) is 0 Å². The van der Waals surface area contributed by atoms with Gasteiger partial charge < -0.3 is 5.32 Å². The minimum atomic E-state index is -2.71. The molecule has 3 nitrogen and oxygen atoms in total. The second-order valence-electron chi connectivity index (χ2n) is 5.49. The van der Waals surface area contributed by atoms with Crippen LogP contribution in [0.15, 0.2) is 0 Å². The predicted molar refractivity (Wildman–Crippen MR) is 66.2 cm³/mol. The van der Waals surface area contributed by atoms with Gasteiger partial charge in [0.15, 0.2) is 9.84 Å². The third-order valence-electron chi connectivity index (χ3n) is 4.35. The molecule has 1 aliphatic carbocycles. The Kier molecular flexibility index (Phi) is 3.59. The minimum Gasteiger partial charge on any atom is -0.316 e. The lowest BCUT2D eigenvalue weighted by atomic mass is 9.61. The fourth-order valence-corrected chi connectivity index (χ4v) is 5.10. The first kappa shape index (κ1) is 12.4. The van der Waals surface area contributed by atoms with Crippen LogP contribution >= 0.6 is 0 Å². The third kappa shape index (κ3) is 2.43. The molecule has 1 N–H and O–H groups in total.